The molecule has 1 heterocycles. The van der Waals surface area contributed by atoms with Gasteiger partial charge in [0.05, 0.1) is 0 Å². The van der Waals surface area contributed by atoms with Crippen LogP contribution in [0.2, 0.25) is 0 Å². The van der Waals surface area contributed by atoms with E-state index in [-0.39, 0.29) is 11.4 Å². The van der Waals surface area contributed by atoms with Crippen molar-refractivity contribution < 1.29 is 14.7 Å². The van der Waals surface area contributed by atoms with Gasteiger partial charge < -0.3 is 10.8 Å². The molecule has 0 aliphatic carbocycles. The number of amides is 1. The first-order valence-corrected chi connectivity index (χ1v) is 3.09. The highest BCUT2D eigenvalue weighted by atomic mass is 16.4. The van der Waals surface area contributed by atoms with Crippen molar-refractivity contribution in [2.75, 3.05) is 0 Å². The van der Waals surface area contributed by atoms with Crippen molar-refractivity contribution in [3.63, 3.8) is 0 Å². The zero-order chi connectivity index (χ0) is 9.30. The molecule has 1 rings (SSSR count). The standard InChI is InChI=1S/C6H7N3O3/c1-9-4(5(7)10)2-3(8-9)6(11)12/h2H,1H3,(H2,7,10)(H,11,12). The maximum absolute atomic E-state index is 10.6. The number of hydrogen-bond acceptors (Lipinski definition) is 3. The molecule has 0 radical (unpaired) electrons. The molecule has 64 valence electrons. The van der Waals surface area contributed by atoms with Gasteiger partial charge in [0, 0.05) is 13.1 Å². The molecule has 0 bridgehead atoms. The zero-order valence-corrected chi connectivity index (χ0v) is 6.31. The second-order valence-electron chi connectivity index (χ2n) is 2.21. The lowest BCUT2D eigenvalue weighted by Gasteiger charge is -1.92. The molecule has 6 heteroatoms. The Labute approximate surface area is 67.6 Å². The van der Waals surface area contributed by atoms with Gasteiger partial charge in [0.2, 0.25) is 0 Å². The minimum absolute atomic E-state index is 0.0763. The first-order chi connectivity index (χ1) is 5.52. The summed E-state index contributed by atoms with van der Waals surface area (Å²) in [5.41, 5.74) is 4.82. The Kier molecular flexibility index (Phi) is 1.82. The largest absolute Gasteiger partial charge is 0.476 e. The normalized spacial score (nSPS) is 9.75. The molecule has 0 aliphatic rings. The molecule has 0 aromatic carbocycles. The van der Waals surface area contributed by atoms with Crippen LogP contribution in [0.5, 0.6) is 0 Å². The van der Waals surface area contributed by atoms with E-state index in [0.717, 1.165) is 10.7 Å². The first-order valence-electron chi connectivity index (χ1n) is 3.09. The van der Waals surface area contributed by atoms with Gasteiger partial charge in [0.25, 0.3) is 5.91 Å². The minimum atomic E-state index is -1.18. The monoisotopic (exact) mass is 169 g/mol. The van der Waals surface area contributed by atoms with Crippen LogP contribution < -0.4 is 5.73 Å². The lowest BCUT2D eigenvalue weighted by molar-refractivity contribution is 0.0689. The van der Waals surface area contributed by atoms with Crippen molar-refractivity contribution in [1.82, 2.24) is 9.78 Å². The fraction of sp³-hybridized carbons (Fsp3) is 0.167. The summed E-state index contributed by atoms with van der Waals surface area (Å²) < 4.78 is 1.13. The zero-order valence-electron chi connectivity index (χ0n) is 6.31. The van der Waals surface area contributed by atoms with E-state index in [1.54, 1.807) is 0 Å². The summed E-state index contributed by atoms with van der Waals surface area (Å²) in [4.78, 5) is 21.0. The van der Waals surface area contributed by atoms with Crippen LogP contribution in [0.1, 0.15) is 21.0 Å². The van der Waals surface area contributed by atoms with E-state index in [9.17, 15) is 9.59 Å². The van der Waals surface area contributed by atoms with Crippen LogP contribution >= 0.6 is 0 Å². The molecular formula is C6H7N3O3. The molecule has 1 amide bonds. The number of primary amides is 1. The SMILES string of the molecule is Cn1nc(C(=O)O)cc1C(N)=O. The molecule has 0 fully saturated rings. The Hall–Kier alpha value is -1.85. The number of aromatic carboxylic acids is 1. The fourth-order valence-corrected chi connectivity index (χ4v) is 0.802. The molecule has 3 N–H and O–H groups in total. The number of carbonyl (C=O) groups is 2. The second-order valence-corrected chi connectivity index (χ2v) is 2.21. The number of carboxylic acid groups (broad SMARTS) is 1. The molecular weight excluding hydrogens is 162 g/mol. The summed E-state index contributed by atoms with van der Waals surface area (Å²) in [7, 11) is 1.45. The van der Waals surface area contributed by atoms with Gasteiger partial charge in [0.15, 0.2) is 5.69 Å². The van der Waals surface area contributed by atoms with Gasteiger partial charge in [-0.3, -0.25) is 9.48 Å². The Balaban J connectivity index is 3.17. The highest BCUT2D eigenvalue weighted by Crippen LogP contribution is 2.01. The smallest absolute Gasteiger partial charge is 0.356 e. The number of aromatic nitrogens is 2. The average molecular weight is 169 g/mol. The topological polar surface area (TPSA) is 98.2 Å². The Morgan fingerprint density at radius 1 is 1.67 bits per heavy atom. The van der Waals surface area contributed by atoms with E-state index in [0.29, 0.717) is 0 Å². The second kappa shape index (κ2) is 2.65. The number of hydrogen-bond donors (Lipinski definition) is 2. The van der Waals surface area contributed by atoms with E-state index in [1.807, 2.05) is 0 Å². The maximum Gasteiger partial charge on any atom is 0.356 e. The predicted molar refractivity (Wildman–Crippen MR) is 38.7 cm³/mol. The van der Waals surface area contributed by atoms with Gasteiger partial charge in [-0.15, -0.1) is 0 Å². The van der Waals surface area contributed by atoms with Crippen LogP contribution in [0.3, 0.4) is 0 Å². The summed E-state index contributed by atoms with van der Waals surface area (Å²) in [6.45, 7) is 0. The van der Waals surface area contributed by atoms with E-state index in [2.05, 4.69) is 5.10 Å². The van der Waals surface area contributed by atoms with Crippen LogP contribution in [0.15, 0.2) is 6.07 Å². The van der Waals surface area contributed by atoms with Crippen molar-refractivity contribution in [3.05, 3.63) is 17.5 Å². The Bertz CT molecular complexity index is 342. The summed E-state index contributed by atoms with van der Waals surface area (Å²) >= 11 is 0. The van der Waals surface area contributed by atoms with Gasteiger partial charge in [-0.25, -0.2) is 4.79 Å². The summed E-state index contributed by atoms with van der Waals surface area (Å²) in [5, 5.41) is 12.0. The molecule has 0 saturated heterocycles. The molecule has 0 aliphatic heterocycles. The van der Waals surface area contributed by atoms with Crippen LogP contribution in [0.25, 0.3) is 0 Å². The van der Waals surface area contributed by atoms with Crippen molar-refractivity contribution in [2.45, 2.75) is 0 Å². The minimum Gasteiger partial charge on any atom is -0.476 e. The van der Waals surface area contributed by atoms with Gasteiger partial charge in [-0.05, 0) is 0 Å². The van der Waals surface area contributed by atoms with E-state index in [4.69, 9.17) is 10.8 Å². The molecule has 0 spiro atoms. The van der Waals surface area contributed by atoms with E-state index < -0.39 is 11.9 Å². The third kappa shape index (κ3) is 1.26. The van der Waals surface area contributed by atoms with Gasteiger partial charge in [-0.2, -0.15) is 5.10 Å². The summed E-state index contributed by atoms with van der Waals surface area (Å²) in [6.07, 6.45) is 0. The Morgan fingerprint density at radius 2 is 2.25 bits per heavy atom. The van der Waals surface area contributed by atoms with Gasteiger partial charge in [-0.1, -0.05) is 0 Å². The lowest BCUT2D eigenvalue weighted by Crippen LogP contribution is -2.15. The van der Waals surface area contributed by atoms with Crippen LogP contribution in [0.4, 0.5) is 0 Å². The average Bonchev–Trinajstić information content (AvgIpc) is 2.30. The van der Waals surface area contributed by atoms with Crippen molar-refractivity contribution in [1.29, 1.82) is 0 Å². The molecule has 0 saturated carbocycles. The molecule has 0 unspecified atom stereocenters. The van der Waals surface area contributed by atoms with Crippen LogP contribution in [-0.4, -0.2) is 26.8 Å². The first kappa shape index (κ1) is 8.25. The maximum atomic E-state index is 10.6. The number of rotatable bonds is 2. The lowest BCUT2D eigenvalue weighted by atomic mass is 10.3. The number of nitrogens with two attached hydrogens (primary N) is 1. The number of carboxylic acids is 1. The van der Waals surface area contributed by atoms with Crippen LogP contribution in [-0.2, 0) is 7.05 Å². The van der Waals surface area contributed by atoms with Gasteiger partial charge >= 0.3 is 5.97 Å². The van der Waals surface area contributed by atoms with E-state index in [1.165, 1.54) is 7.05 Å². The number of carbonyl (C=O) groups excluding carboxylic acids is 1. The van der Waals surface area contributed by atoms with E-state index >= 15 is 0 Å². The summed E-state index contributed by atoms with van der Waals surface area (Å²) in [6, 6.07) is 1.13. The van der Waals surface area contributed by atoms with Crippen LogP contribution in [0, 0.1) is 0 Å². The van der Waals surface area contributed by atoms with Crippen molar-refractivity contribution >= 4 is 11.9 Å². The highest BCUT2D eigenvalue weighted by Gasteiger charge is 2.13. The third-order valence-electron chi connectivity index (χ3n) is 1.35. The molecule has 6 nitrogen and oxygen atoms in total. The number of aryl methyl sites for hydroxylation is 1. The quantitative estimate of drug-likeness (QED) is 0.606. The molecule has 1 aromatic rings. The molecule has 0 atom stereocenters. The number of nitrogens with zero attached hydrogens (tertiary/aromatic N) is 2. The molecule has 12 heavy (non-hydrogen) atoms. The molecule has 1 aromatic heterocycles. The highest BCUT2D eigenvalue weighted by molar-refractivity contribution is 5.94. The Morgan fingerprint density at radius 3 is 2.50 bits per heavy atom. The van der Waals surface area contributed by atoms with Crippen molar-refractivity contribution in [3.8, 4) is 0 Å². The third-order valence-corrected chi connectivity index (χ3v) is 1.35. The van der Waals surface area contributed by atoms with Gasteiger partial charge in [0.1, 0.15) is 5.69 Å². The predicted octanol–water partition coefficient (Wildman–Crippen LogP) is -0.783. The van der Waals surface area contributed by atoms with Crippen molar-refractivity contribution in [2.24, 2.45) is 12.8 Å². The fourth-order valence-electron chi connectivity index (χ4n) is 0.802. The summed E-state index contributed by atoms with van der Waals surface area (Å²) in [5.74, 6) is -1.88.